The van der Waals surface area contributed by atoms with E-state index in [4.69, 9.17) is 0 Å². The van der Waals surface area contributed by atoms with Crippen molar-refractivity contribution in [1.29, 1.82) is 0 Å². The first kappa shape index (κ1) is 15.5. The van der Waals surface area contributed by atoms with Gasteiger partial charge in [0.15, 0.2) is 5.69 Å². The lowest BCUT2D eigenvalue weighted by Gasteiger charge is -2.17. The van der Waals surface area contributed by atoms with Crippen LogP contribution in [0.3, 0.4) is 0 Å². The third-order valence-electron chi connectivity index (χ3n) is 3.09. The molecular weight excluding hydrogens is 286 g/mol. The van der Waals surface area contributed by atoms with Gasteiger partial charge in [0.2, 0.25) is 0 Å². The van der Waals surface area contributed by atoms with E-state index < -0.39 is 17.7 Å². The fourth-order valence-corrected chi connectivity index (χ4v) is 2.11. The summed E-state index contributed by atoms with van der Waals surface area (Å²) in [6.45, 7) is 4.37. The molecule has 2 rings (SSSR count). The van der Waals surface area contributed by atoms with E-state index in [-0.39, 0.29) is 6.04 Å². The van der Waals surface area contributed by atoms with Crippen molar-refractivity contribution in [3.05, 3.63) is 47.5 Å². The van der Waals surface area contributed by atoms with Gasteiger partial charge in [-0.25, -0.2) is 9.07 Å². The van der Waals surface area contributed by atoms with E-state index in [1.807, 2.05) is 13.8 Å². The van der Waals surface area contributed by atoms with E-state index >= 15 is 0 Å². The number of nitrogens with one attached hydrogen (secondary N) is 1. The summed E-state index contributed by atoms with van der Waals surface area (Å²) in [5, 5.41) is 6.63. The third-order valence-corrected chi connectivity index (χ3v) is 3.09. The third kappa shape index (κ3) is 3.41. The predicted octanol–water partition coefficient (Wildman–Crippen LogP) is 3.70. The second kappa shape index (κ2) is 5.85. The van der Waals surface area contributed by atoms with E-state index in [2.05, 4.69) is 10.4 Å². The van der Waals surface area contributed by atoms with E-state index in [0.29, 0.717) is 17.8 Å². The minimum atomic E-state index is -4.50. The lowest BCUT2D eigenvalue weighted by Crippen LogP contribution is -2.20. The SMILES string of the molecule is CCNC(C)c1cc(F)ccc1-n1ccc(C(F)(F)F)n1. The van der Waals surface area contributed by atoms with Crippen LogP contribution in [0.2, 0.25) is 0 Å². The van der Waals surface area contributed by atoms with Crippen LogP contribution in [0.5, 0.6) is 0 Å². The molecule has 114 valence electrons. The Morgan fingerprint density at radius 3 is 2.57 bits per heavy atom. The molecule has 0 fully saturated rings. The average molecular weight is 301 g/mol. The molecule has 1 aromatic heterocycles. The van der Waals surface area contributed by atoms with Gasteiger partial charge in [-0.3, -0.25) is 0 Å². The Balaban J connectivity index is 2.46. The second-order valence-electron chi connectivity index (χ2n) is 4.63. The van der Waals surface area contributed by atoms with Gasteiger partial charge in [-0.2, -0.15) is 18.3 Å². The first-order valence-corrected chi connectivity index (χ1v) is 6.49. The maximum absolute atomic E-state index is 13.4. The highest BCUT2D eigenvalue weighted by atomic mass is 19.4. The molecule has 0 saturated heterocycles. The smallest absolute Gasteiger partial charge is 0.310 e. The van der Waals surface area contributed by atoms with E-state index in [1.165, 1.54) is 24.4 Å². The van der Waals surface area contributed by atoms with Crippen LogP contribution >= 0.6 is 0 Å². The Morgan fingerprint density at radius 1 is 1.29 bits per heavy atom. The topological polar surface area (TPSA) is 29.9 Å². The Kier molecular flexibility index (Phi) is 4.32. The quantitative estimate of drug-likeness (QED) is 0.873. The van der Waals surface area contributed by atoms with Crippen molar-refractivity contribution >= 4 is 0 Å². The van der Waals surface area contributed by atoms with Gasteiger partial charge in [-0.05, 0) is 43.3 Å². The summed E-state index contributed by atoms with van der Waals surface area (Å²) < 4.78 is 52.4. The highest BCUT2D eigenvalue weighted by molar-refractivity contribution is 5.43. The zero-order chi connectivity index (χ0) is 15.6. The van der Waals surface area contributed by atoms with Crippen LogP contribution in [0.4, 0.5) is 17.6 Å². The molecule has 0 saturated carbocycles. The van der Waals surface area contributed by atoms with E-state index in [0.717, 1.165) is 10.7 Å². The minimum Gasteiger partial charge on any atom is -0.310 e. The van der Waals surface area contributed by atoms with Crippen LogP contribution in [-0.4, -0.2) is 16.3 Å². The van der Waals surface area contributed by atoms with E-state index in [1.54, 1.807) is 0 Å². The van der Waals surface area contributed by atoms with Gasteiger partial charge in [0.05, 0.1) is 5.69 Å². The molecule has 3 nitrogen and oxygen atoms in total. The molecule has 0 spiro atoms. The number of aromatic nitrogens is 2. The summed E-state index contributed by atoms with van der Waals surface area (Å²) in [6.07, 6.45) is -3.28. The number of halogens is 4. The van der Waals surface area contributed by atoms with Crippen LogP contribution in [0, 0.1) is 5.82 Å². The first-order valence-electron chi connectivity index (χ1n) is 6.49. The van der Waals surface area contributed by atoms with Crippen LogP contribution in [-0.2, 0) is 6.18 Å². The summed E-state index contributed by atoms with van der Waals surface area (Å²) in [4.78, 5) is 0. The monoisotopic (exact) mass is 301 g/mol. The molecular formula is C14H15F4N3. The number of hydrogen-bond acceptors (Lipinski definition) is 2. The Morgan fingerprint density at radius 2 is 2.00 bits per heavy atom. The molecule has 0 bridgehead atoms. The molecule has 0 aliphatic rings. The highest BCUT2D eigenvalue weighted by Crippen LogP contribution is 2.29. The fourth-order valence-electron chi connectivity index (χ4n) is 2.11. The van der Waals surface area contributed by atoms with Crippen molar-refractivity contribution in [2.24, 2.45) is 0 Å². The van der Waals surface area contributed by atoms with Crippen molar-refractivity contribution in [3.8, 4) is 5.69 Å². The lowest BCUT2D eigenvalue weighted by molar-refractivity contribution is -0.141. The van der Waals surface area contributed by atoms with Gasteiger partial charge in [-0.15, -0.1) is 0 Å². The van der Waals surface area contributed by atoms with E-state index in [9.17, 15) is 17.6 Å². The van der Waals surface area contributed by atoms with Crippen LogP contribution in [0.25, 0.3) is 5.69 Å². The Labute approximate surface area is 119 Å². The van der Waals surface area contributed by atoms with Crippen molar-refractivity contribution in [2.45, 2.75) is 26.1 Å². The molecule has 0 aliphatic carbocycles. The normalized spacial score (nSPS) is 13.4. The van der Waals surface area contributed by atoms with Gasteiger partial charge in [0, 0.05) is 12.2 Å². The summed E-state index contributed by atoms with van der Waals surface area (Å²) in [7, 11) is 0. The standard InChI is InChI=1S/C14H15F4N3/c1-3-19-9(2)11-8-10(15)4-5-12(11)21-7-6-13(20-21)14(16,17)18/h4-9,19H,3H2,1-2H3. The molecule has 1 unspecified atom stereocenters. The summed E-state index contributed by atoms with van der Waals surface area (Å²) >= 11 is 0. The first-order chi connectivity index (χ1) is 9.82. The molecule has 1 N–H and O–H groups in total. The number of benzene rings is 1. The van der Waals surface area contributed by atoms with Crippen molar-refractivity contribution < 1.29 is 17.6 Å². The molecule has 21 heavy (non-hydrogen) atoms. The van der Waals surface area contributed by atoms with Gasteiger partial charge in [0.25, 0.3) is 0 Å². The molecule has 0 amide bonds. The van der Waals surface area contributed by atoms with Gasteiger partial charge >= 0.3 is 6.18 Å². The maximum atomic E-state index is 13.4. The molecule has 1 heterocycles. The Bertz CT molecular complexity index is 619. The van der Waals surface area contributed by atoms with Crippen molar-refractivity contribution in [2.75, 3.05) is 6.54 Å². The number of alkyl halides is 3. The molecule has 7 heteroatoms. The van der Waals surface area contributed by atoms with Gasteiger partial charge in [-0.1, -0.05) is 6.92 Å². The largest absolute Gasteiger partial charge is 0.435 e. The average Bonchev–Trinajstić information content (AvgIpc) is 2.88. The summed E-state index contributed by atoms with van der Waals surface area (Å²) in [5.41, 5.74) is -0.0112. The zero-order valence-corrected chi connectivity index (χ0v) is 11.6. The number of hydrogen-bond donors (Lipinski definition) is 1. The molecule has 0 radical (unpaired) electrons. The highest BCUT2D eigenvalue weighted by Gasteiger charge is 2.33. The summed E-state index contributed by atoms with van der Waals surface area (Å²) in [6, 6.07) is 4.61. The summed E-state index contributed by atoms with van der Waals surface area (Å²) in [5.74, 6) is -0.443. The van der Waals surface area contributed by atoms with Gasteiger partial charge in [0.1, 0.15) is 5.82 Å². The second-order valence-corrected chi connectivity index (χ2v) is 4.63. The molecule has 1 atom stereocenters. The molecule has 0 aliphatic heterocycles. The van der Waals surface area contributed by atoms with Crippen LogP contribution in [0.1, 0.15) is 31.1 Å². The number of nitrogens with zero attached hydrogens (tertiary/aromatic N) is 2. The maximum Gasteiger partial charge on any atom is 0.435 e. The van der Waals surface area contributed by atoms with Gasteiger partial charge < -0.3 is 5.32 Å². The Hall–Kier alpha value is -1.89. The molecule has 2 aromatic rings. The number of rotatable bonds is 4. The van der Waals surface area contributed by atoms with Crippen LogP contribution < -0.4 is 5.32 Å². The van der Waals surface area contributed by atoms with Crippen LogP contribution in [0.15, 0.2) is 30.5 Å². The lowest BCUT2D eigenvalue weighted by atomic mass is 10.1. The minimum absolute atomic E-state index is 0.209. The predicted molar refractivity (Wildman–Crippen MR) is 70.6 cm³/mol. The molecule has 1 aromatic carbocycles. The van der Waals surface area contributed by atoms with Crippen molar-refractivity contribution in [3.63, 3.8) is 0 Å². The zero-order valence-electron chi connectivity index (χ0n) is 11.6. The fraction of sp³-hybridized carbons (Fsp3) is 0.357. The van der Waals surface area contributed by atoms with Crippen molar-refractivity contribution in [1.82, 2.24) is 15.1 Å².